The van der Waals surface area contributed by atoms with Crippen LogP contribution in [0, 0.1) is 5.92 Å². The highest BCUT2D eigenvalue weighted by molar-refractivity contribution is 5.50. The molecule has 1 saturated heterocycles. The molecule has 4 N–H and O–H groups in total. The molecule has 6 nitrogen and oxygen atoms in total. The molecule has 1 aromatic heterocycles. The number of nitrogens with zero attached hydrogens (tertiary/aromatic N) is 3. The fourth-order valence-corrected chi connectivity index (χ4v) is 2.44. The van der Waals surface area contributed by atoms with Crippen molar-refractivity contribution in [1.82, 2.24) is 14.9 Å². The number of nitrogen functional groups attached to an aromatic ring is 1. The maximum absolute atomic E-state index is 5.66. The van der Waals surface area contributed by atoms with E-state index >= 15 is 0 Å². The molecule has 19 heavy (non-hydrogen) atoms. The minimum atomic E-state index is 0.300. The number of piperidine rings is 1. The molecule has 0 bridgehead atoms. The quantitative estimate of drug-likeness (QED) is 0.742. The maximum Gasteiger partial charge on any atom is 0.223 e. The zero-order valence-electron chi connectivity index (χ0n) is 11.8. The Morgan fingerprint density at radius 3 is 2.68 bits per heavy atom. The van der Waals surface area contributed by atoms with Gasteiger partial charge in [-0.2, -0.15) is 9.97 Å². The summed E-state index contributed by atoms with van der Waals surface area (Å²) in [5, 5.41) is 6.31. The fourth-order valence-electron chi connectivity index (χ4n) is 2.44. The van der Waals surface area contributed by atoms with E-state index in [4.69, 9.17) is 5.73 Å². The van der Waals surface area contributed by atoms with Gasteiger partial charge in [0.05, 0.1) is 0 Å². The van der Waals surface area contributed by atoms with Crippen LogP contribution in [0.1, 0.15) is 19.3 Å². The average Bonchev–Trinajstić information content (AvgIpc) is 2.40. The van der Waals surface area contributed by atoms with Crippen LogP contribution in [-0.4, -0.2) is 48.6 Å². The van der Waals surface area contributed by atoms with E-state index in [-0.39, 0.29) is 0 Å². The van der Waals surface area contributed by atoms with Gasteiger partial charge >= 0.3 is 0 Å². The lowest BCUT2D eigenvalue weighted by Crippen LogP contribution is -2.30. The van der Waals surface area contributed by atoms with Gasteiger partial charge in [-0.3, -0.25) is 0 Å². The Kier molecular flexibility index (Phi) is 4.79. The van der Waals surface area contributed by atoms with E-state index in [2.05, 4.69) is 32.5 Å². The Morgan fingerprint density at radius 1 is 1.32 bits per heavy atom. The lowest BCUT2D eigenvalue weighted by Gasteiger charge is -2.28. The van der Waals surface area contributed by atoms with E-state index in [0.717, 1.165) is 24.1 Å². The minimum Gasteiger partial charge on any atom is -0.373 e. The van der Waals surface area contributed by atoms with Crippen molar-refractivity contribution in [3.8, 4) is 0 Å². The van der Waals surface area contributed by atoms with Crippen molar-refractivity contribution in [1.29, 1.82) is 0 Å². The van der Waals surface area contributed by atoms with Crippen molar-refractivity contribution in [3.05, 3.63) is 6.07 Å². The largest absolute Gasteiger partial charge is 0.373 e. The first kappa shape index (κ1) is 13.9. The molecule has 2 heterocycles. The predicted molar refractivity (Wildman–Crippen MR) is 79.3 cm³/mol. The van der Waals surface area contributed by atoms with E-state index in [1.165, 1.54) is 32.4 Å². The highest BCUT2D eigenvalue weighted by Gasteiger charge is 2.16. The molecule has 1 aromatic rings. The monoisotopic (exact) mass is 264 g/mol. The second-order valence-electron chi connectivity index (χ2n) is 5.21. The number of rotatable bonds is 5. The molecular weight excluding hydrogens is 240 g/mol. The van der Waals surface area contributed by atoms with Crippen molar-refractivity contribution < 1.29 is 0 Å². The first-order valence-corrected chi connectivity index (χ1v) is 6.92. The molecule has 1 aliphatic rings. The van der Waals surface area contributed by atoms with Gasteiger partial charge in [0.15, 0.2) is 0 Å². The molecule has 106 valence electrons. The topological polar surface area (TPSA) is 79.1 Å². The van der Waals surface area contributed by atoms with Gasteiger partial charge in [-0.05, 0) is 45.3 Å². The van der Waals surface area contributed by atoms with Crippen LogP contribution in [0.4, 0.5) is 17.6 Å². The lowest BCUT2D eigenvalue weighted by molar-refractivity contribution is 0.215. The van der Waals surface area contributed by atoms with Crippen LogP contribution in [0.3, 0.4) is 0 Å². The number of hydrogen-bond donors (Lipinski definition) is 3. The number of nitrogens with two attached hydrogens (primary N) is 1. The summed E-state index contributed by atoms with van der Waals surface area (Å²) in [7, 11) is 4.02. The first-order chi connectivity index (χ1) is 9.17. The molecule has 0 atom stereocenters. The van der Waals surface area contributed by atoms with Crippen LogP contribution in [0.5, 0.6) is 0 Å². The Labute approximate surface area is 114 Å². The standard InChI is InChI=1S/C13H24N6/c1-15-11-9-12(18-13(14)17-11)16-6-3-10-4-7-19(2)8-5-10/h9-10H,3-8H2,1-2H3,(H4,14,15,16,17,18). The number of hydrogen-bond acceptors (Lipinski definition) is 6. The second-order valence-corrected chi connectivity index (χ2v) is 5.21. The average molecular weight is 264 g/mol. The van der Waals surface area contributed by atoms with E-state index in [0.29, 0.717) is 5.95 Å². The molecule has 1 aliphatic heterocycles. The van der Waals surface area contributed by atoms with Gasteiger partial charge in [-0.15, -0.1) is 0 Å². The smallest absolute Gasteiger partial charge is 0.223 e. The van der Waals surface area contributed by atoms with E-state index in [9.17, 15) is 0 Å². The van der Waals surface area contributed by atoms with Gasteiger partial charge in [0, 0.05) is 19.7 Å². The summed E-state index contributed by atoms with van der Waals surface area (Å²) in [6.45, 7) is 3.37. The Bertz CT molecular complexity index is 400. The third kappa shape index (κ3) is 4.24. The fraction of sp³-hybridized carbons (Fsp3) is 0.692. The van der Waals surface area contributed by atoms with Gasteiger partial charge in [-0.25, -0.2) is 0 Å². The van der Waals surface area contributed by atoms with Gasteiger partial charge in [-0.1, -0.05) is 0 Å². The highest BCUT2D eigenvalue weighted by atomic mass is 15.1. The van der Waals surface area contributed by atoms with E-state index in [1.54, 1.807) is 0 Å². The molecular formula is C13H24N6. The van der Waals surface area contributed by atoms with Gasteiger partial charge in [0.1, 0.15) is 11.6 Å². The van der Waals surface area contributed by atoms with Crippen LogP contribution in [0.2, 0.25) is 0 Å². The molecule has 6 heteroatoms. The van der Waals surface area contributed by atoms with Crippen LogP contribution in [0.25, 0.3) is 0 Å². The normalized spacial score (nSPS) is 17.4. The summed E-state index contributed by atoms with van der Waals surface area (Å²) >= 11 is 0. The van der Waals surface area contributed by atoms with Crippen molar-refractivity contribution in [2.75, 3.05) is 50.1 Å². The first-order valence-electron chi connectivity index (χ1n) is 6.92. The Balaban J connectivity index is 1.77. The van der Waals surface area contributed by atoms with Crippen LogP contribution in [0.15, 0.2) is 6.07 Å². The van der Waals surface area contributed by atoms with Crippen LogP contribution >= 0.6 is 0 Å². The highest BCUT2D eigenvalue weighted by Crippen LogP contribution is 2.19. The van der Waals surface area contributed by atoms with Crippen molar-refractivity contribution in [2.24, 2.45) is 5.92 Å². The Hall–Kier alpha value is -1.56. The maximum atomic E-state index is 5.66. The zero-order chi connectivity index (χ0) is 13.7. The molecule has 0 aliphatic carbocycles. The van der Waals surface area contributed by atoms with Crippen LogP contribution in [-0.2, 0) is 0 Å². The minimum absolute atomic E-state index is 0.300. The molecule has 0 radical (unpaired) electrons. The molecule has 0 aromatic carbocycles. The van der Waals surface area contributed by atoms with E-state index in [1.807, 2.05) is 13.1 Å². The molecule has 0 amide bonds. The lowest BCUT2D eigenvalue weighted by atomic mass is 9.94. The van der Waals surface area contributed by atoms with Gasteiger partial charge < -0.3 is 21.3 Å². The second kappa shape index (κ2) is 6.56. The summed E-state index contributed by atoms with van der Waals surface area (Å²) in [6.07, 6.45) is 3.78. The van der Waals surface area contributed by atoms with E-state index < -0.39 is 0 Å². The Morgan fingerprint density at radius 2 is 2.00 bits per heavy atom. The van der Waals surface area contributed by atoms with Crippen molar-refractivity contribution in [3.63, 3.8) is 0 Å². The summed E-state index contributed by atoms with van der Waals surface area (Å²) in [5.74, 6) is 2.67. The molecule has 0 spiro atoms. The number of aromatic nitrogens is 2. The molecule has 1 fully saturated rings. The van der Waals surface area contributed by atoms with Crippen molar-refractivity contribution >= 4 is 17.6 Å². The predicted octanol–water partition coefficient (Wildman–Crippen LogP) is 1.24. The third-order valence-electron chi connectivity index (χ3n) is 3.70. The number of likely N-dealkylation sites (tertiary alicyclic amines) is 1. The zero-order valence-corrected chi connectivity index (χ0v) is 11.8. The summed E-state index contributed by atoms with van der Waals surface area (Å²) in [6, 6.07) is 1.88. The number of nitrogens with one attached hydrogen (secondary N) is 2. The summed E-state index contributed by atoms with van der Waals surface area (Å²) < 4.78 is 0. The summed E-state index contributed by atoms with van der Waals surface area (Å²) in [4.78, 5) is 10.6. The number of anilines is 3. The SMILES string of the molecule is CNc1cc(NCCC2CCN(C)CC2)nc(N)n1. The van der Waals surface area contributed by atoms with Crippen LogP contribution < -0.4 is 16.4 Å². The van der Waals surface area contributed by atoms with Crippen molar-refractivity contribution in [2.45, 2.75) is 19.3 Å². The molecule has 0 saturated carbocycles. The van der Waals surface area contributed by atoms with Gasteiger partial charge in [0.25, 0.3) is 0 Å². The third-order valence-corrected chi connectivity index (χ3v) is 3.70. The molecule has 2 rings (SSSR count). The van der Waals surface area contributed by atoms with Gasteiger partial charge in [0.2, 0.25) is 5.95 Å². The summed E-state index contributed by atoms with van der Waals surface area (Å²) in [5.41, 5.74) is 5.66. The molecule has 0 unspecified atom stereocenters.